The number of hydrogen-bond donors (Lipinski definition) is 0. The van der Waals surface area contributed by atoms with Gasteiger partial charge in [0.05, 0.1) is 0 Å². The van der Waals surface area contributed by atoms with Crippen molar-refractivity contribution in [2.24, 2.45) is 5.92 Å². The Bertz CT molecular complexity index is 42.0. The van der Waals surface area contributed by atoms with Crippen molar-refractivity contribution in [2.75, 3.05) is 0 Å². The predicted octanol–water partition coefficient (Wildman–Crippen LogP) is 3.24. The Labute approximate surface area is 59.7 Å². The number of hydrogen-bond acceptors (Lipinski definition) is 0. The first-order valence-corrected chi connectivity index (χ1v) is 3.93. The largest absolute Gasteiger partial charge is 0.0651 e. The predicted molar refractivity (Wildman–Crippen MR) is 43.0 cm³/mol. The minimum atomic E-state index is 0.889. The lowest BCUT2D eigenvalue weighted by molar-refractivity contribution is 0.443. The maximum Gasteiger partial charge on any atom is -0.0417 e. The summed E-state index contributed by atoms with van der Waals surface area (Å²) in [6.45, 7) is 9.92. The fourth-order valence-corrected chi connectivity index (χ4v) is 1.13. The van der Waals surface area contributed by atoms with Crippen LogP contribution in [0.15, 0.2) is 0 Å². The first kappa shape index (κ1) is 9.00. The Morgan fingerprint density at radius 1 is 1.11 bits per heavy atom. The van der Waals surface area contributed by atoms with Crippen LogP contribution in [0.5, 0.6) is 0 Å². The molecule has 0 nitrogen and oxygen atoms in total. The molecule has 0 saturated carbocycles. The fraction of sp³-hybridized carbons (Fsp3) is 0.778. The smallest absolute Gasteiger partial charge is 0.0417 e. The lowest BCUT2D eigenvalue weighted by atomic mass is 9.96. The highest BCUT2D eigenvalue weighted by Crippen LogP contribution is 2.15. The summed E-state index contributed by atoms with van der Waals surface area (Å²) < 4.78 is 0. The van der Waals surface area contributed by atoms with Gasteiger partial charge in [-0.05, 0) is 5.92 Å². The normalized spacial score (nSPS) is 10.7. The molecule has 0 atom stereocenters. The van der Waals surface area contributed by atoms with Gasteiger partial charge in [-0.3, -0.25) is 0 Å². The van der Waals surface area contributed by atoms with E-state index in [1.54, 1.807) is 0 Å². The summed E-state index contributed by atoms with van der Waals surface area (Å²) in [6, 6.07) is 0. The third kappa shape index (κ3) is 4.50. The van der Waals surface area contributed by atoms with Crippen LogP contribution in [0, 0.1) is 19.8 Å². The Kier molecular flexibility index (Phi) is 6.12. The minimum Gasteiger partial charge on any atom is -0.0651 e. The number of rotatable bonds is 5. The first-order valence-electron chi connectivity index (χ1n) is 3.93. The molecule has 0 fully saturated rings. The van der Waals surface area contributed by atoms with E-state index in [1.807, 2.05) is 0 Å². The standard InChI is InChI=1S/C9H18/c1-4-7-9(6-3)8-5-2/h9H,1-2,4-8H2,3H3. The van der Waals surface area contributed by atoms with Crippen molar-refractivity contribution in [3.8, 4) is 0 Å². The zero-order valence-corrected chi connectivity index (χ0v) is 6.53. The monoisotopic (exact) mass is 126 g/mol. The van der Waals surface area contributed by atoms with Crippen LogP contribution in [0.4, 0.5) is 0 Å². The van der Waals surface area contributed by atoms with Gasteiger partial charge >= 0.3 is 0 Å². The van der Waals surface area contributed by atoms with Crippen molar-refractivity contribution in [3.63, 3.8) is 0 Å². The molecule has 0 aromatic rings. The molecule has 0 N–H and O–H groups in total. The average Bonchev–Trinajstić information content (AvgIpc) is 1.88. The van der Waals surface area contributed by atoms with Crippen molar-refractivity contribution in [1.82, 2.24) is 0 Å². The molecule has 0 aliphatic rings. The lowest BCUT2D eigenvalue weighted by Crippen LogP contribution is -1.96. The van der Waals surface area contributed by atoms with Gasteiger partial charge in [0.2, 0.25) is 0 Å². The molecule has 9 heavy (non-hydrogen) atoms. The van der Waals surface area contributed by atoms with Gasteiger partial charge in [-0.2, -0.15) is 0 Å². The van der Waals surface area contributed by atoms with Crippen LogP contribution >= 0.6 is 0 Å². The molecule has 0 aliphatic heterocycles. The SMILES string of the molecule is [CH2]CCC(CC)CC[CH2]. The van der Waals surface area contributed by atoms with Crippen LogP contribution in [-0.4, -0.2) is 0 Å². The second kappa shape index (κ2) is 6.12. The van der Waals surface area contributed by atoms with Crippen LogP contribution in [-0.2, 0) is 0 Å². The zero-order valence-electron chi connectivity index (χ0n) is 6.53. The molecule has 0 saturated heterocycles. The molecule has 0 unspecified atom stereocenters. The summed E-state index contributed by atoms with van der Waals surface area (Å²) >= 11 is 0. The highest BCUT2D eigenvalue weighted by Gasteiger charge is 2.01. The summed E-state index contributed by atoms with van der Waals surface area (Å²) in [4.78, 5) is 0. The summed E-state index contributed by atoms with van der Waals surface area (Å²) in [6.07, 6.45) is 6.03. The molecule has 0 aromatic heterocycles. The van der Waals surface area contributed by atoms with Gasteiger partial charge in [0.15, 0.2) is 0 Å². The molecule has 0 aromatic carbocycles. The third-order valence-electron chi connectivity index (χ3n) is 1.80. The van der Waals surface area contributed by atoms with E-state index in [9.17, 15) is 0 Å². The van der Waals surface area contributed by atoms with Gasteiger partial charge in [-0.25, -0.2) is 0 Å². The van der Waals surface area contributed by atoms with E-state index in [0.717, 1.165) is 18.8 Å². The molecule has 0 bridgehead atoms. The zero-order chi connectivity index (χ0) is 7.11. The quantitative estimate of drug-likeness (QED) is 0.530. The van der Waals surface area contributed by atoms with Crippen molar-refractivity contribution < 1.29 is 0 Å². The van der Waals surface area contributed by atoms with Gasteiger partial charge in [0.25, 0.3) is 0 Å². The summed E-state index contributed by atoms with van der Waals surface area (Å²) in [5.74, 6) is 0.889. The first-order chi connectivity index (χ1) is 4.35. The molecule has 0 spiro atoms. The van der Waals surface area contributed by atoms with E-state index in [4.69, 9.17) is 0 Å². The topological polar surface area (TPSA) is 0 Å². The van der Waals surface area contributed by atoms with E-state index in [1.165, 1.54) is 19.3 Å². The maximum absolute atomic E-state index is 3.84. The van der Waals surface area contributed by atoms with Crippen LogP contribution in [0.2, 0.25) is 0 Å². The summed E-state index contributed by atoms with van der Waals surface area (Å²) in [7, 11) is 0. The maximum atomic E-state index is 3.84. The van der Waals surface area contributed by atoms with Crippen molar-refractivity contribution in [3.05, 3.63) is 13.8 Å². The molecule has 2 radical (unpaired) electrons. The molecule has 0 aliphatic carbocycles. The molecule has 0 heterocycles. The van der Waals surface area contributed by atoms with E-state index in [0.29, 0.717) is 0 Å². The lowest BCUT2D eigenvalue weighted by Gasteiger charge is -2.10. The van der Waals surface area contributed by atoms with Crippen molar-refractivity contribution >= 4 is 0 Å². The highest BCUT2D eigenvalue weighted by molar-refractivity contribution is 4.58. The Hall–Kier alpha value is 0. The van der Waals surface area contributed by atoms with Gasteiger partial charge in [-0.15, -0.1) is 0 Å². The average molecular weight is 126 g/mol. The fourth-order valence-electron chi connectivity index (χ4n) is 1.13. The van der Waals surface area contributed by atoms with Gasteiger partial charge in [0, 0.05) is 0 Å². The van der Waals surface area contributed by atoms with E-state index in [2.05, 4.69) is 20.8 Å². The van der Waals surface area contributed by atoms with Crippen molar-refractivity contribution in [2.45, 2.75) is 39.0 Å². The molecule has 54 valence electrons. The Balaban J connectivity index is 3.18. The molecule has 0 amide bonds. The second-order valence-corrected chi connectivity index (χ2v) is 2.56. The van der Waals surface area contributed by atoms with Crippen LogP contribution in [0.25, 0.3) is 0 Å². The molecular weight excluding hydrogens is 108 g/mol. The Morgan fingerprint density at radius 3 is 1.78 bits per heavy atom. The minimum absolute atomic E-state index is 0.889. The van der Waals surface area contributed by atoms with Gasteiger partial charge in [0.1, 0.15) is 0 Å². The third-order valence-corrected chi connectivity index (χ3v) is 1.80. The van der Waals surface area contributed by atoms with E-state index >= 15 is 0 Å². The molecule has 0 heteroatoms. The van der Waals surface area contributed by atoms with Crippen LogP contribution in [0.3, 0.4) is 0 Å². The molecule has 0 rings (SSSR count). The van der Waals surface area contributed by atoms with E-state index in [-0.39, 0.29) is 0 Å². The summed E-state index contributed by atoms with van der Waals surface area (Å²) in [5, 5.41) is 0. The van der Waals surface area contributed by atoms with Crippen LogP contribution < -0.4 is 0 Å². The van der Waals surface area contributed by atoms with E-state index < -0.39 is 0 Å². The van der Waals surface area contributed by atoms with Crippen LogP contribution in [0.1, 0.15) is 39.0 Å². The molecular formula is C9H18. The Morgan fingerprint density at radius 2 is 1.56 bits per heavy atom. The highest BCUT2D eigenvalue weighted by atomic mass is 14.1. The second-order valence-electron chi connectivity index (χ2n) is 2.56. The van der Waals surface area contributed by atoms with Gasteiger partial charge < -0.3 is 0 Å². The van der Waals surface area contributed by atoms with Crippen molar-refractivity contribution in [1.29, 1.82) is 0 Å². The van der Waals surface area contributed by atoms with Gasteiger partial charge in [-0.1, -0.05) is 52.9 Å². The summed E-state index contributed by atoms with van der Waals surface area (Å²) in [5.41, 5.74) is 0.